The standard InChI is InChI=1S/2C18H34O2.Fe.Zn/c2*1-2-3-4-5-6-7-8-9-10-11-12-13-14-15-16-17-18(19)20;;/h2*9-10H,2-8,11-17H2,1H3,(H,19,20);;/q;;;+1/p-1/b2*10-9-;;. The topological polar surface area (TPSA) is 63.6 Å². The Morgan fingerprint density at radius 1 is 0.500 bits per heavy atom. The van der Waals surface area contributed by atoms with Gasteiger partial charge in [-0.25, -0.2) is 0 Å². The average molecular weight is 685 g/mol. The Morgan fingerprint density at radius 2 is 0.786 bits per heavy atom. The molecule has 0 radical (unpaired) electrons. The third-order valence-electron chi connectivity index (χ3n) is 7.46. The number of unbranched alkanes of at least 4 members (excludes halogenated alkanes) is 22. The molecule has 1 N–H and O–H groups in total. The van der Waals surface area contributed by atoms with Crippen molar-refractivity contribution in [2.24, 2.45) is 0 Å². The van der Waals surface area contributed by atoms with Crippen LogP contribution >= 0.6 is 0 Å². The Bertz CT molecular complexity index is 595. The minimum atomic E-state index is -0.664. The first kappa shape index (κ1) is 46.0. The molecule has 0 aliphatic heterocycles. The zero-order valence-electron chi connectivity index (χ0n) is 27.8. The van der Waals surface area contributed by atoms with Gasteiger partial charge in [-0.15, -0.1) is 0 Å². The zero-order chi connectivity index (χ0) is 30.5. The summed E-state index contributed by atoms with van der Waals surface area (Å²) >= 11 is 0.629. The smallest absolute Gasteiger partial charge is 0 e. The Kier molecular flexibility index (Phi) is 46.7. The predicted molar refractivity (Wildman–Crippen MR) is 173 cm³/mol. The fourth-order valence-electron chi connectivity index (χ4n) is 4.76. The average Bonchev–Trinajstić information content (AvgIpc) is 2.97. The van der Waals surface area contributed by atoms with E-state index < -0.39 is 5.97 Å². The fourth-order valence-corrected chi connectivity index (χ4v) is 5.06. The van der Waals surface area contributed by atoms with Crippen LogP contribution in [0.2, 0.25) is 0 Å². The first-order valence-corrected chi connectivity index (χ1v) is 18.8. The van der Waals surface area contributed by atoms with Crippen molar-refractivity contribution >= 4 is 11.9 Å². The molecule has 0 heterocycles. The monoisotopic (exact) mass is 683 g/mol. The van der Waals surface area contributed by atoms with Crippen LogP contribution in [0.4, 0.5) is 0 Å². The summed E-state index contributed by atoms with van der Waals surface area (Å²) in [6.45, 7) is 4.53. The summed E-state index contributed by atoms with van der Waals surface area (Å²) in [5, 5.41) is 8.51. The van der Waals surface area contributed by atoms with Gasteiger partial charge in [-0.3, -0.25) is 4.79 Å². The SMILES string of the molecule is CCCCCCCC/C=C\CCCCCCCC(=O)O.CCCCCCCC/C=C\CCCCCCCC(=O)[O][Zn].[Fe]. The molecule has 0 aliphatic carbocycles. The van der Waals surface area contributed by atoms with Crippen molar-refractivity contribution in [2.75, 3.05) is 0 Å². The number of carbonyl (C=O) groups excluding carboxylic acids is 1. The van der Waals surface area contributed by atoms with E-state index in [2.05, 4.69) is 38.2 Å². The molecule has 0 aromatic rings. The summed E-state index contributed by atoms with van der Waals surface area (Å²) in [6.07, 6.45) is 43.3. The molecular formula is C36H67FeO4Zn. The minimum Gasteiger partial charge on any atom is 0 e. The number of carboxylic acid groups (broad SMARTS) is 1. The van der Waals surface area contributed by atoms with Gasteiger partial charge in [0, 0.05) is 23.5 Å². The van der Waals surface area contributed by atoms with Crippen LogP contribution in [0.15, 0.2) is 24.3 Å². The van der Waals surface area contributed by atoms with Gasteiger partial charge >= 0.3 is 102 Å². The van der Waals surface area contributed by atoms with Gasteiger partial charge in [-0.1, -0.05) is 109 Å². The van der Waals surface area contributed by atoms with Gasteiger partial charge in [-0.05, 0) is 38.5 Å². The molecule has 0 aliphatic rings. The fraction of sp³-hybridized carbons (Fsp3) is 0.833. The number of hydrogen-bond acceptors (Lipinski definition) is 3. The quantitative estimate of drug-likeness (QED) is 0.0465. The van der Waals surface area contributed by atoms with E-state index in [4.69, 9.17) is 8.67 Å². The molecule has 0 aromatic heterocycles. The number of allylic oxidation sites excluding steroid dienone is 4. The van der Waals surface area contributed by atoms with E-state index in [9.17, 15) is 9.59 Å². The molecule has 0 amide bonds. The summed E-state index contributed by atoms with van der Waals surface area (Å²) in [5.41, 5.74) is 0. The summed E-state index contributed by atoms with van der Waals surface area (Å²) in [7, 11) is 0. The number of carboxylic acids is 1. The van der Waals surface area contributed by atoms with E-state index in [-0.39, 0.29) is 23.0 Å². The van der Waals surface area contributed by atoms with Crippen LogP contribution in [0.5, 0.6) is 0 Å². The second-order valence-electron chi connectivity index (χ2n) is 11.6. The van der Waals surface area contributed by atoms with Gasteiger partial charge in [0.05, 0.1) is 0 Å². The molecule has 4 nitrogen and oxygen atoms in total. The Labute approximate surface area is 282 Å². The molecule has 0 spiro atoms. The van der Waals surface area contributed by atoms with E-state index in [0.29, 0.717) is 31.5 Å². The molecule has 0 saturated carbocycles. The predicted octanol–water partition coefficient (Wildman–Crippen LogP) is 12.1. The maximum absolute atomic E-state index is 10.9. The van der Waals surface area contributed by atoms with Crippen LogP contribution < -0.4 is 0 Å². The summed E-state index contributed by atoms with van der Waals surface area (Å²) < 4.78 is 4.75. The second kappa shape index (κ2) is 42.7. The minimum absolute atomic E-state index is 0. The van der Waals surface area contributed by atoms with Crippen molar-refractivity contribution in [3.8, 4) is 0 Å². The molecule has 0 bridgehead atoms. The molecule has 6 heteroatoms. The first-order valence-electron chi connectivity index (χ1n) is 17.5. The van der Waals surface area contributed by atoms with Gasteiger partial charge in [0.2, 0.25) is 0 Å². The number of hydrogen-bond donors (Lipinski definition) is 1. The van der Waals surface area contributed by atoms with Crippen LogP contribution in [-0.2, 0) is 48.9 Å². The van der Waals surface area contributed by atoms with Gasteiger partial charge in [0.15, 0.2) is 0 Å². The number of aliphatic carboxylic acids is 1. The third kappa shape index (κ3) is 46.5. The molecule has 0 fully saturated rings. The summed E-state index contributed by atoms with van der Waals surface area (Å²) in [4.78, 5) is 21.3. The van der Waals surface area contributed by atoms with Crippen LogP contribution in [0.3, 0.4) is 0 Å². The van der Waals surface area contributed by atoms with Gasteiger partial charge in [-0.2, -0.15) is 0 Å². The molecule has 42 heavy (non-hydrogen) atoms. The van der Waals surface area contributed by atoms with Gasteiger partial charge in [0.1, 0.15) is 0 Å². The molecule has 0 aromatic carbocycles. The number of carbonyl (C=O) groups is 2. The maximum atomic E-state index is 10.9. The van der Waals surface area contributed by atoms with E-state index in [1.165, 1.54) is 141 Å². The van der Waals surface area contributed by atoms with Crippen molar-refractivity contribution < 1.29 is 54.0 Å². The third-order valence-corrected chi connectivity index (χ3v) is 8.13. The molecular weight excluding hydrogens is 618 g/mol. The van der Waals surface area contributed by atoms with Crippen molar-refractivity contribution in [1.29, 1.82) is 0 Å². The maximum Gasteiger partial charge on any atom is 0 e. The van der Waals surface area contributed by atoms with Crippen LogP contribution in [0, 0.1) is 0 Å². The van der Waals surface area contributed by atoms with Crippen molar-refractivity contribution in [3.05, 3.63) is 24.3 Å². The summed E-state index contributed by atoms with van der Waals surface area (Å²) in [5.74, 6) is -0.685. The first-order chi connectivity index (χ1) is 20.1. The van der Waals surface area contributed by atoms with Crippen molar-refractivity contribution in [2.45, 2.75) is 194 Å². The van der Waals surface area contributed by atoms with Crippen LogP contribution in [-0.4, -0.2) is 17.0 Å². The normalized spacial score (nSPS) is 11.0. The molecule has 0 unspecified atom stereocenters. The van der Waals surface area contributed by atoms with Gasteiger partial charge in [0.25, 0.3) is 0 Å². The Morgan fingerprint density at radius 3 is 1.10 bits per heavy atom. The number of rotatable bonds is 30. The molecule has 0 saturated heterocycles. The largest absolute Gasteiger partial charge is 0 e. The van der Waals surface area contributed by atoms with Crippen LogP contribution in [0.1, 0.15) is 194 Å². The molecule has 0 atom stereocenters. The van der Waals surface area contributed by atoms with Gasteiger partial charge < -0.3 is 5.11 Å². The Hall–Kier alpha value is -0.437. The molecule has 245 valence electrons. The second-order valence-corrected chi connectivity index (χ2v) is 12.2. The van der Waals surface area contributed by atoms with Crippen molar-refractivity contribution in [3.63, 3.8) is 0 Å². The summed E-state index contributed by atoms with van der Waals surface area (Å²) in [6, 6.07) is 0. The molecule has 0 rings (SSSR count). The van der Waals surface area contributed by atoms with E-state index in [0.717, 1.165) is 25.7 Å². The van der Waals surface area contributed by atoms with Crippen LogP contribution in [0.25, 0.3) is 0 Å². The van der Waals surface area contributed by atoms with E-state index in [1.54, 1.807) is 0 Å². The Balaban J connectivity index is -0.000000708. The van der Waals surface area contributed by atoms with E-state index >= 15 is 0 Å². The zero-order valence-corrected chi connectivity index (χ0v) is 31.9. The van der Waals surface area contributed by atoms with Crippen molar-refractivity contribution in [1.82, 2.24) is 0 Å². The van der Waals surface area contributed by atoms with E-state index in [1.807, 2.05) is 0 Å².